The third-order valence-corrected chi connectivity index (χ3v) is 1.17. The number of rotatable bonds is 0. The average Bonchev–Trinajstić information content (AvgIpc) is 1.86. The van der Waals surface area contributed by atoms with E-state index in [0.29, 0.717) is 0 Å². The molecule has 0 bridgehead atoms. The lowest BCUT2D eigenvalue weighted by molar-refractivity contribution is -0.141. The van der Waals surface area contributed by atoms with Crippen LogP contribution in [0, 0.1) is 6.20 Å². The number of hydrogen-bond acceptors (Lipinski definition) is 1. The zero-order valence-corrected chi connectivity index (χ0v) is 5.87. The van der Waals surface area contributed by atoms with Gasteiger partial charge < -0.3 is 0 Å². The normalized spacial score (nSPS) is 11.6. The summed E-state index contributed by atoms with van der Waals surface area (Å²) in [5.74, 6) is 0. The van der Waals surface area contributed by atoms with Crippen molar-refractivity contribution >= 4 is 11.6 Å². The van der Waals surface area contributed by atoms with Gasteiger partial charge in [0.05, 0.1) is 6.20 Å². The van der Waals surface area contributed by atoms with Gasteiger partial charge in [-0.05, 0) is 12.1 Å². The van der Waals surface area contributed by atoms with Crippen LogP contribution in [0.15, 0.2) is 12.1 Å². The molecule has 1 rings (SSSR count). The number of nitrogens with zero attached hydrogens (tertiary/aromatic N) is 1. The van der Waals surface area contributed by atoms with Gasteiger partial charge in [0.25, 0.3) is 0 Å². The predicted octanol–water partition coefficient (Wildman–Crippen LogP) is 2.55. The Labute approximate surface area is 65.8 Å². The molecule has 0 N–H and O–H groups in total. The van der Waals surface area contributed by atoms with E-state index in [1.807, 2.05) is 6.20 Å². The van der Waals surface area contributed by atoms with E-state index in [1.54, 1.807) is 0 Å². The van der Waals surface area contributed by atoms with Crippen LogP contribution in [-0.2, 0) is 6.18 Å². The van der Waals surface area contributed by atoms with Gasteiger partial charge in [-0.2, -0.15) is 13.2 Å². The topological polar surface area (TPSA) is 12.9 Å². The van der Waals surface area contributed by atoms with Crippen LogP contribution in [-0.4, -0.2) is 4.98 Å². The van der Waals surface area contributed by atoms with E-state index < -0.39 is 11.9 Å². The van der Waals surface area contributed by atoms with E-state index in [0.717, 1.165) is 12.1 Å². The van der Waals surface area contributed by atoms with Crippen molar-refractivity contribution < 1.29 is 13.2 Å². The summed E-state index contributed by atoms with van der Waals surface area (Å²) in [5, 5.41) is -0.0210. The fourth-order valence-electron chi connectivity index (χ4n) is 0.513. The second-order valence-corrected chi connectivity index (χ2v) is 2.23. The molecule has 1 heterocycles. The van der Waals surface area contributed by atoms with Gasteiger partial charge in [-0.3, -0.25) is 0 Å². The Morgan fingerprint density at radius 1 is 1.45 bits per heavy atom. The zero-order valence-electron chi connectivity index (χ0n) is 5.11. The molecule has 0 unspecified atom stereocenters. The maximum Gasteiger partial charge on any atom is 0.433 e. The van der Waals surface area contributed by atoms with Crippen LogP contribution < -0.4 is 0 Å². The number of hydrogen-bond donors (Lipinski definition) is 0. The quantitative estimate of drug-likeness (QED) is 0.598. The van der Waals surface area contributed by atoms with Crippen molar-refractivity contribution in [3.05, 3.63) is 29.0 Å². The maximum absolute atomic E-state index is 11.8. The first-order valence-electron chi connectivity index (χ1n) is 2.61. The molecule has 0 aromatic carbocycles. The van der Waals surface area contributed by atoms with Gasteiger partial charge in [0.2, 0.25) is 0 Å². The Balaban J connectivity index is 3.06. The summed E-state index contributed by atoms with van der Waals surface area (Å²) < 4.78 is 35.5. The molecular weight excluding hydrogens is 179 g/mol. The first-order valence-corrected chi connectivity index (χ1v) is 2.99. The largest absolute Gasteiger partial charge is 0.433 e. The highest BCUT2D eigenvalue weighted by atomic mass is 35.5. The molecule has 0 fully saturated rings. The SMILES string of the molecule is FC(F)(F)c1cc(Cl)c[c]n1. The van der Waals surface area contributed by atoms with Gasteiger partial charge in [-0.1, -0.05) is 11.6 Å². The number of aromatic nitrogens is 1. The Bertz CT molecular complexity index is 258. The summed E-state index contributed by atoms with van der Waals surface area (Å²) in [6.45, 7) is 0. The van der Waals surface area contributed by atoms with Gasteiger partial charge >= 0.3 is 6.18 Å². The molecule has 0 aliphatic rings. The van der Waals surface area contributed by atoms with Gasteiger partial charge in [0, 0.05) is 5.02 Å². The number of halogens is 4. The minimum absolute atomic E-state index is 0.0210. The predicted molar refractivity (Wildman–Crippen MR) is 33.1 cm³/mol. The molecule has 0 saturated carbocycles. The van der Waals surface area contributed by atoms with E-state index in [1.165, 1.54) is 0 Å². The van der Waals surface area contributed by atoms with Crippen LogP contribution >= 0.6 is 11.6 Å². The van der Waals surface area contributed by atoms with Crippen molar-refractivity contribution in [2.24, 2.45) is 0 Å². The van der Waals surface area contributed by atoms with Gasteiger partial charge in [-0.25, -0.2) is 4.98 Å². The molecule has 1 aromatic heterocycles. The lowest BCUT2D eigenvalue weighted by atomic mass is 10.3. The fraction of sp³-hybridized carbons (Fsp3) is 0.167. The minimum Gasteiger partial charge on any atom is -0.242 e. The van der Waals surface area contributed by atoms with E-state index >= 15 is 0 Å². The van der Waals surface area contributed by atoms with Crippen molar-refractivity contribution in [2.45, 2.75) is 6.18 Å². The number of pyridine rings is 1. The fourth-order valence-corrected chi connectivity index (χ4v) is 0.665. The molecule has 59 valence electrons. The second-order valence-electron chi connectivity index (χ2n) is 1.80. The highest BCUT2D eigenvalue weighted by molar-refractivity contribution is 6.30. The van der Waals surface area contributed by atoms with Crippen LogP contribution in [0.5, 0.6) is 0 Å². The molecule has 0 atom stereocenters. The molecule has 0 aliphatic heterocycles. The Hall–Kier alpha value is -0.770. The molecule has 1 nitrogen and oxygen atoms in total. The van der Waals surface area contributed by atoms with Crippen LogP contribution in [0.1, 0.15) is 5.69 Å². The summed E-state index contributed by atoms with van der Waals surface area (Å²) in [6.07, 6.45) is -2.41. The Morgan fingerprint density at radius 2 is 2.09 bits per heavy atom. The van der Waals surface area contributed by atoms with Crippen molar-refractivity contribution in [3.63, 3.8) is 0 Å². The van der Waals surface area contributed by atoms with Gasteiger partial charge in [0.15, 0.2) is 0 Å². The molecular formula is C6H2ClF3N. The van der Waals surface area contributed by atoms with E-state index in [-0.39, 0.29) is 5.02 Å². The van der Waals surface area contributed by atoms with Crippen molar-refractivity contribution in [1.29, 1.82) is 0 Å². The van der Waals surface area contributed by atoms with Crippen LogP contribution in [0.25, 0.3) is 0 Å². The monoisotopic (exact) mass is 180 g/mol. The van der Waals surface area contributed by atoms with E-state index in [2.05, 4.69) is 4.98 Å². The van der Waals surface area contributed by atoms with Crippen molar-refractivity contribution in [1.82, 2.24) is 4.98 Å². The first-order chi connectivity index (χ1) is 5.00. The molecule has 5 heteroatoms. The highest BCUT2D eigenvalue weighted by Gasteiger charge is 2.32. The van der Waals surface area contributed by atoms with E-state index in [4.69, 9.17) is 11.6 Å². The summed E-state index contributed by atoms with van der Waals surface area (Å²) in [7, 11) is 0. The Morgan fingerprint density at radius 3 is 2.45 bits per heavy atom. The number of alkyl halides is 3. The molecule has 1 aromatic rings. The molecule has 1 radical (unpaired) electrons. The molecule has 11 heavy (non-hydrogen) atoms. The van der Waals surface area contributed by atoms with Gasteiger partial charge in [-0.15, -0.1) is 0 Å². The van der Waals surface area contributed by atoms with Crippen LogP contribution in [0.4, 0.5) is 13.2 Å². The highest BCUT2D eigenvalue weighted by Crippen LogP contribution is 2.28. The maximum atomic E-state index is 11.8. The van der Waals surface area contributed by atoms with Crippen molar-refractivity contribution in [3.8, 4) is 0 Å². The average molecular weight is 181 g/mol. The summed E-state index contributed by atoms with van der Waals surface area (Å²) >= 11 is 5.28. The minimum atomic E-state index is -4.44. The third-order valence-electron chi connectivity index (χ3n) is 0.952. The van der Waals surface area contributed by atoms with Gasteiger partial charge in [0.1, 0.15) is 5.69 Å². The molecule has 0 amide bonds. The molecule has 0 spiro atoms. The lowest BCUT2D eigenvalue weighted by Crippen LogP contribution is -2.07. The standard InChI is InChI=1S/C6H2ClF3N/c7-4-1-2-11-5(3-4)6(8,9)10/h1,3H. The molecule has 0 saturated heterocycles. The van der Waals surface area contributed by atoms with Crippen LogP contribution in [0.3, 0.4) is 0 Å². The van der Waals surface area contributed by atoms with Crippen molar-refractivity contribution in [2.75, 3.05) is 0 Å². The smallest absolute Gasteiger partial charge is 0.242 e. The lowest BCUT2D eigenvalue weighted by Gasteiger charge is -2.03. The zero-order chi connectivity index (χ0) is 8.48. The first kappa shape index (κ1) is 8.33. The van der Waals surface area contributed by atoms with Crippen LogP contribution in [0.2, 0.25) is 5.02 Å². The Kier molecular flexibility index (Phi) is 2.04. The second kappa shape index (κ2) is 2.70. The summed E-state index contributed by atoms with van der Waals surface area (Å²) in [4.78, 5) is 2.98. The third kappa shape index (κ3) is 2.08. The summed E-state index contributed by atoms with van der Waals surface area (Å²) in [6, 6.07) is 1.91. The molecule has 0 aliphatic carbocycles. The van der Waals surface area contributed by atoms with E-state index in [9.17, 15) is 13.2 Å². The summed E-state index contributed by atoms with van der Waals surface area (Å²) in [5.41, 5.74) is -1.02.